The second kappa shape index (κ2) is 6.42. The molecule has 0 aliphatic carbocycles. The van der Waals surface area contributed by atoms with Crippen LogP contribution in [0.5, 0.6) is 0 Å². The van der Waals surface area contributed by atoms with E-state index in [2.05, 4.69) is 16.0 Å². The SMILES string of the molecule is N#Cc1ccc(C2=NCN(Cc3cccc(C(=O)O)c3)C2)cc1. The van der Waals surface area contributed by atoms with Gasteiger partial charge in [-0.25, -0.2) is 4.79 Å². The first-order chi connectivity index (χ1) is 11.2. The molecular formula is C18H15N3O2. The van der Waals surface area contributed by atoms with Gasteiger partial charge in [-0.15, -0.1) is 0 Å². The maximum absolute atomic E-state index is 11.0. The summed E-state index contributed by atoms with van der Waals surface area (Å²) in [7, 11) is 0. The van der Waals surface area contributed by atoms with E-state index in [1.54, 1.807) is 30.3 Å². The van der Waals surface area contributed by atoms with E-state index in [1.807, 2.05) is 18.2 Å². The van der Waals surface area contributed by atoms with E-state index in [1.165, 1.54) is 0 Å². The van der Waals surface area contributed by atoms with Crippen LogP contribution in [0.25, 0.3) is 0 Å². The molecule has 1 N–H and O–H groups in total. The van der Waals surface area contributed by atoms with Gasteiger partial charge in [0.2, 0.25) is 0 Å². The van der Waals surface area contributed by atoms with Crippen LogP contribution in [0.4, 0.5) is 0 Å². The van der Waals surface area contributed by atoms with Crippen molar-refractivity contribution in [2.45, 2.75) is 6.54 Å². The van der Waals surface area contributed by atoms with Crippen molar-refractivity contribution in [2.24, 2.45) is 4.99 Å². The zero-order chi connectivity index (χ0) is 16.2. The maximum atomic E-state index is 11.0. The lowest BCUT2D eigenvalue weighted by Gasteiger charge is -2.14. The molecule has 0 saturated heterocycles. The zero-order valence-corrected chi connectivity index (χ0v) is 12.4. The van der Waals surface area contributed by atoms with E-state index in [0.29, 0.717) is 30.9 Å². The van der Waals surface area contributed by atoms with Crippen molar-refractivity contribution >= 4 is 11.7 Å². The van der Waals surface area contributed by atoms with Crippen molar-refractivity contribution in [3.63, 3.8) is 0 Å². The van der Waals surface area contributed by atoms with Gasteiger partial charge in [-0.3, -0.25) is 9.89 Å². The molecule has 1 aliphatic rings. The summed E-state index contributed by atoms with van der Waals surface area (Å²) >= 11 is 0. The summed E-state index contributed by atoms with van der Waals surface area (Å²) in [6.45, 7) is 1.96. The molecule has 23 heavy (non-hydrogen) atoms. The molecule has 5 nitrogen and oxygen atoms in total. The second-order valence-corrected chi connectivity index (χ2v) is 5.43. The van der Waals surface area contributed by atoms with Gasteiger partial charge in [0.15, 0.2) is 0 Å². The third-order valence-corrected chi connectivity index (χ3v) is 3.76. The molecule has 0 spiro atoms. The predicted molar refractivity (Wildman–Crippen MR) is 86.4 cm³/mol. The number of nitrogens with zero attached hydrogens (tertiary/aromatic N) is 3. The van der Waals surface area contributed by atoms with E-state index in [0.717, 1.165) is 16.8 Å². The smallest absolute Gasteiger partial charge is 0.335 e. The van der Waals surface area contributed by atoms with Gasteiger partial charge in [0, 0.05) is 13.1 Å². The van der Waals surface area contributed by atoms with Gasteiger partial charge in [0.05, 0.1) is 29.6 Å². The van der Waals surface area contributed by atoms with Crippen LogP contribution < -0.4 is 0 Å². The first kappa shape index (κ1) is 14.9. The summed E-state index contributed by atoms with van der Waals surface area (Å²) in [5.41, 5.74) is 3.90. The highest BCUT2D eigenvalue weighted by Gasteiger charge is 2.17. The molecular weight excluding hydrogens is 290 g/mol. The highest BCUT2D eigenvalue weighted by Crippen LogP contribution is 2.15. The number of hydrogen-bond acceptors (Lipinski definition) is 4. The van der Waals surface area contributed by atoms with Crippen LogP contribution in [0.15, 0.2) is 53.5 Å². The zero-order valence-electron chi connectivity index (χ0n) is 12.4. The lowest BCUT2D eigenvalue weighted by molar-refractivity contribution is 0.0696. The molecule has 1 heterocycles. The molecule has 0 fully saturated rings. The molecule has 0 atom stereocenters. The van der Waals surface area contributed by atoms with Gasteiger partial charge in [-0.05, 0) is 35.4 Å². The van der Waals surface area contributed by atoms with Gasteiger partial charge in [-0.2, -0.15) is 5.26 Å². The van der Waals surface area contributed by atoms with Crippen molar-refractivity contribution in [2.75, 3.05) is 13.2 Å². The van der Waals surface area contributed by atoms with Crippen molar-refractivity contribution in [3.05, 3.63) is 70.8 Å². The van der Waals surface area contributed by atoms with Gasteiger partial charge in [0.25, 0.3) is 0 Å². The molecule has 0 amide bonds. The monoisotopic (exact) mass is 305 g/mol. The van der Waals surface area contributed by atoms with Crippen LogP contribution in [-0.2, 0) is 6.54 Å². The van der Waals surface area contributed by atoms with Crippen LogP contribution in [0.3, 0.4) is 0 Å². The Labute approximate surface area is 134 Å². The number of carboxylic acid groups (broad SMARTS) is 1. The molecule has 114 valence electrons. The first-order valence-corrected chi connectivity index (χ1v) is 7.24. The summed E-state index contributed by atoms with van der Waals surface area (Å²) in [4.78, 5) is 17.7. The number of rotatable bonds is 4. The molecule has 0 unspecified atom stereocenters. The lowest BCUT2D eigenvalue weighted by Crippen LogP contribution is -2.23. The fraction of sp³-hybridized carbons (Fsp3) is 0.167. The molecule has 0 aromatic heterocycles. The van der Waals surface area contributed by atoms with Crippen molar-refractivity contribution < 1.29 is 9.90 Å². The third kappa shape index (κ3) is 3.44. The van der Waals surface area contributed by atoms with Gasteiger partial charge < -0.3 is 5.11 Å². The molecule has 2 aromatic carbocycles. The van der Waals surface area contributed by atoms with Crippen molar-refractivity contribution in [1.82, 2.24) is 4.90 Å². The Morgan fingerprint density at radius 1 is 1.26 bits per heavy atom. The summed E-state index contributed by atoms with van der Waals surface area (Å²) in [6.07, 6.45) is 0. The summed E-state index contributed by atoms with van der Waals surface area (Å²) in [6, 6.07) is 16.5. The van der Waals surface area contributed by atoms with E-state index < -0.39 is 5.97 Å². The Bertz CT molecular complexity index is 804. The second-order valence-electron chi connectivity index (χ2n) is 5.43. The average Bonchev–Trinajstić information content (AvgIpc) is 3.03. The molecule has 5 heteroatoms. The number of carbonyl (C=O) groups is 1. The number of aromatic carboxylic acids is 1. The molecule has 0 bridgehead atoms. The topological polar surface area (TPSA) is 76.7 Å². The van der Waals surface area contributed by atoms with E-state index in [-0.39, 0.29) is 0 Å². The number of carboxylic acids is 1. The van der Waals surface area contributed by atoms with E-state index >= 15 is 0 Å². The van der Waals surface area contributed by atoms with Crippen molar-refractivity contribution in [3.8, 4) is 6.07 Å². The molecule has 3 rings (SSSR count). The minimum absolute atomic E-state index is 0.301. The standard InChI is InChI=1S/C18H15N3O2/c19-9-13-4-6-15(7-5-13)17-11-21(12-20-17)10-14-2-1-3-16(8-14)18(22)23/h1-8H,10-12H2,(H,22,23). The van der Waals surface area contributed by atoms with Crippen molar-refractivity contribution in [1.29, 1.82) is 5.26 Å². The van der Waals surface area contributed by atoms with Gasteiger partial charge >= 0.3 is 5.97 Å². The summed E-state index contributed by atoms with van der Waals surface area (Å²) in [5, 5.41) is 17.9. The summed E-state index contributed by atoms with van der Waals surface area (Å²) < 4.78 is 0. The lowest BCUT2D eigenvalue weighted by atomic mass is 10.1. The Morgan fingerprint density at radius 2 is 2.04 bits per heavy atom. The molecule has 1 aliphatic heterocycles. The fourth-order valence-corrected chi connectivity index (χ4v) is 2.58. The highest BCUT2D eigenvalue weighted by molar-refractivity contribution is 6.03. The minimum atomic E-state index is -0.914. The van der Waals surface area contributed by atoms with Crippen LogP contribution >= 0.6 is 0 Å². The average molecular weight is 305 g/mol. The van der Waals surface area contributed by atoms with Crippen LogP contribution in [-0.4, -0.2) is 34.9 Å². The van der Waals surface area contributed by atoms with E-state index in [9.17, 15) is 4.79 Å². The molecule has 0 saturated carbocycles. The third-order valence-electron chi connectivity index (χ3n) is 3.76. The van der Waals surface area contributed by atoms with Crippen LogP contribution in [0.1, 0.15) is 27.0 Å². The van der Waals surface area contributed by atoms with Gasteiger partial charge in [-0.1, -0.05) is 24.3 Å². The Hall–Kier alpha value is -2.97. The molecule has 0 radical (unpaired) electrons. The Balaban J connectivity index is 1.66. The fourth-order valence-electron chi connectivity index (χ4n) is 2.58. The van der Waals surface area contributed by atoms with Gasteiger partial charge in [0.1, 0.15) is 0 Å². The van der Waals surface area contributed by atoms with Crippen LogP contribution in [0, 0.1) is 11.3 Å². The predicted octanol–water partition coefficient (Wildman–Crippen LogP) is 2.52. The number of nitriles is 1. The normalized spacial score (nSPS) is 14.3. The minimum Gasteiger partial charge on any atom is -0.478 e. The maximum Gasteiger partial charge on any atom is 0.335 e. The number of aliphatic imine (C=N–C) groups is 1. The largest absolute Gasteiger partial charge is 0.478 e. The van der Waals surface area contributed by atoms with E-state index in [4.69, 9.17) is 10.4 Å². The summed E-state index contributed by atoms with van der Waals surface area (Å²) in [5.74, 6) is -0.914. The first-order valence-electron chi connectivity index (χ1n) is 7.24. The number of hydrogen-bond donors (Lipinski definition) is 1. The Kier molecular flexibility index (Phi) is 4.18. The van der Waals surface area contributed by atoms with Crippen LogP contribution in [0.2, 0.25) is 0 Å². The number of benzene rings is 2. The Morgan fingerprint density at radius 3 is 2.74 bits per heavy atom. The highest BCUT2D eigenvalue weighted by atomic mass is 16.4. The quantitative estimate of drug-likeness (QED) is 0.941. The molecule has 2 aromatic rings.